The highest BCUT2D eigenvalue weighted by atomic mass is 16.7. The van der Waals surface area contributed by atoms with Crippen molar-refractivity contribution in [2.45, 2.75) is 6.54 Å². The molecule has 0 bridgehead atoms. The molecule has 10 heteroatoms. The van der Waals surface area contributed by atoms with Crippen molar-refractivity contribution in [3.8, 4) is 11.5 Å². The highest BCUT2D eigenvalue weighted by molar-refractivity contribution is 5.93. The summed E-state index contributed by atoms with van der Waals surface area (Å²) in [4.78, 5) is 22.4. The third kappa shape index (κ3) is 4.21. The molecule has 0 saturated carbocycles. The molecule has 0 spiro atoms. The Morgan fingerprint density at radius 2 is 2.00 bits per heavy atom. The standard InChI is InChI=1S/C19H15N5O5/c25-19(21-20-10-14-3-6-17-18(9-14)29-12-28-17)16-7-8-23(22-16)11-13-1-4-15(5-2-13)24(26)27/h1-10H,11-12H2,(H,21,25)/b20-10-. The molecule has 1 aliphatic rings. The van der Waals surface area contributed by atoms with Crippen LogP contribution in [0.25, 0.3) is 0 Å². The molecular weight excluding hydrogens is 378 g/mol. The van der Waals surface area contributed by atoms with Crippen molar-refractivity contribution in [3.05, 3.63) is 81.7 Å². The van der Waals surface area contributed by atoms with Gasteiger partial charge in [0.05, 0.1) is 17.7 Å². The van der Waals surface area contributed by atoms with E-state index in [0.717, 1.165) is 11.1 Å². The minimum atomic E-state index is -0.454. The summed E-state index contributed by atoms with van der Waals surface area (Å²) in [5.41, 5.74) is 4.22. The zero-order valence-electron chi connectivity index (χ0n) is 15.0. The molecule has 4 rings (SSSR count). The van der Waals surface area contributed by atoms with Gasteiger partial charge in [0, 0.05) is 18.3 Å². The fraction of sp³-hybridized carbons (Fsp3) is 0.105. The fourth-order valence-corrected chi connectivity index (χ4v) is 2.70. The van der Waals surface area contributed by atoms with Crippen LogP contribution >= 0.6 is 0 Å². The molecule has 2 heterocycles. The maximum Gasteiger partial charge on any atom is 0.291 e. The Kier molecular flexibility index (Phi) is 4.89. The predicted octanol–water partition coefficient (Wildman–Crippen LogP) is 2.33. The van der Waals surface area contributed by atoms with Gasteiger partial charge in [0.2, 0.25) is 6.79 Å². The molecule has 3 aromatic rings. The summed E-state index contributed by atoms with van der Waals surface area (Å²) in [6.45, 7) is 0.570. The number of hydrogen-bond donors (Lipinski definition) is 1. The molecule has 0 aliphatic carbocycles. The Hall–Kier alpha value is -4.21. The van der Waals surface area contributed by atoms with Crippen molar-refractivity contribution in [3.63, 3.8) is 0 Å². The molecule has 1 aliphatic heterocycles. The number of rotatable bonds is 6. The highest BCUT2D eigenvalue weighted by Gasteiger charge is 2.13. The van der Waals surface area contributed by atoms with Crippen LogP contribution in [0.3, 0.4) is 0 Å². The fourth-order valence-electron chi connectivity index (χ4n) is 2.70. The minimum absolute atomic E-state index is 0.0228. The number of fused-ring (bicyclic) bond motifs is 1. The monoisotopic (exact) mass is 393 g/mol. The molecule has 2 aromatic carbocycles. The third-order valence-electron chi connectivity index (χ3n) is 4.14. The van der Waals surface area contributed by atoms with Gasteiger partial charge in [-0.3, -0.25) is 19.6 Å². The number of benzene rings is 2. The number of nitrogens with one attached hydrogen (secondary N) is 1. The van der Waals surface area contributed by atoms with Crippen molar-refractivity contribution in [2.75, 3.05) is 6.79 Å². The maximum absolute atomic E-state index is 12.2. The molecule has 0 unspecified atom stereocenters. The summed E-state index contributed by atoms with van der Waals surface area (Å²) in [5.74, 6) is 0.847. The van der Waals surface area contributed by atoms with Crippen LogP contribution in [0.1, 0.15) is 21.6 Å². The largest absolute Gasteiger partial charge is 0.454 e. The topological polar surface area (TPSA) is 121 Å². The molecule has 1 N–H and O–H groups in total. The number of nitrogens with zero attached hydrogens (tertiary/aromatic N) is 4. The quantitative estimate of drug-likeness (QED) is 0.390. The molecule has 1 amide bonds. The van der Waals surface area contributed by atoms with Crippen LogP contribution in [-0.2, 0) is 6.54 Å². The van der Waals surface area contributed by atoms with E-state index in [-0.39, 0.29) is 18.2 Å². The number of nitro benzene ring substituents is 1. The first-order valence-electron chi connectivity index (χ1n) is 8.58. The van der Waals surface area contributed by atoms with Gasteiger partial charge in [0.15, 0.2) is 17.2 Å². The average molecular weight is 393 g/mol. The number of non-ortho nitro benzene ring substituents is 1. The number of hydrazone groups is 1. The average Bonchev–Trinajstić information content (AvgIpc) is 3.37. The molecule has 0 fully saturated rings. The second kappa shape index (κ2) is 7.80. The lowest BCUT2D eigenvalue weighted by atomic mass is 10.2. The van der Waals surface area contributed by atoms with Crippen LogP contribution in [0.5, 0.6) is 11.5 Å². The van der Waals surface area contributed by atoms with Gasteiger partial charge in [-0.05, 0) is 35.4 Å². The van der Waals surface area contributed by atoms with Crippen LogP contribution in [0.4, 0.5) is 5.69 Å². The molecular formula is C19H15N5O5. The van der Waals surface area contributed by atoms with Gasteiger partial charge in [-0.2, -0.15) is 10.2 Å². The van der Waals surface area contributed by atoms with E-state index in [2.05, 4.69) is 15.6 Å². The van der Waals surface area contributed by atoms with E-state index in [0.29, 0.717) is 18.0 Å². The van der Waals surface area contributed by atoms with Gasteiger partial charge < -0.3 is 9.47 Å². The van der Waals surface area contributed by atoms with Crippen LogP contribution in [0.2, 0.25) is 0 Å². The highest BCUT2D eigenvalue weighted by Crippen LogP contribution is 2.31. The smallest absolute Gasteiger partial charge is 0.291 e. The SMILES string of the molecule is O=C(N/N=C\c1ccc2c(c1)OCO2)c1ccn(Cc2ccc([N+](=O)[O-])cc2)n1. The predicted molar refractivity (Wildman–Crippen MR) is 102 cm³/mol. The molecule has 29 heavy (non-hydrogen) atoms. The summed E-state index contributed by atoms with van der Waals surface area (Å²) in [7, 11) is 0. The van der Waals surface area contributed by atoms with Crippen molar-refractivity contribution < 1.29 is 19.2 Å². The van der Waals surface area contributed by atoms with Gasteiger partial charge >= 0.3 is 0 Å². The number of ether oxygens (including phenoxy) is 2. The first-order valence-corrected chi connectivity index (χ1v) is 8.58. The molecule has 0 atom stereocenters. The maximum atomic E-state index is 12.2. The van der Waals surface area contributed by atoms with Gasteiger partial charge in [-0.25, -0.2) is 5.43 Å². The van der Waals surface area contributed by atoms with E-state index < -0.39 is 10.8 Å². The van der Waals surface area contributed by atoms with Crippen molar-refractivity contribution in [1.29, 1.82) is 0 Å². The van der Waals surface area contributed by atoms with E-state index >= 15 is 0 Å². The van der Waals surface area contributed by atoms with Gasteiger partial charge in [0.25, 0.3) is 11.6 Å². The van der Waals surface area contributed by atoms with E-state index in [1.165, 1.54) is 18.3 Å². The Morgan fingerprint density at radius 1 is 1.21 bits per heavy atom. The van der Waals surface area contributed by atoms with E-state index in [1.54, 1.807) is 47.3 Å². The van der Waals surface area contributed by atoms with Crippen molar-refractivity contribution >= 4 is 17.8 Å². The van der Waals surface area contributed by atoms with E-state index in [1.807, 2.05) is 0 Å². The second-order valence-electron chi connectivity index (χ2n) is 6.13. The molecule has 0 radical (unpaired) electrons. The van der Waals surface area contributed by atoms with Crippen LogP contribution < -0.4 is 14.9 Å². The summed E-state index contributed by atoms with van der Waals surface area (Å²) < 4.78 is 12.1. The van der Waals surface area contributed by atoms with Gasteiger partial charge in [0.1, 0.15) is 0 Å². The van der Waals surface area contributed by atoms with E-state index in [4.69, 9.17) is 9.47 Å². The van der Waals surface area contributed by atoms with E-state index in [9.17, 15) is 14.9 Å². The Balaban J connectivity index is 1.35. The number of nitro groups is 1. The Morgan fingerprint density at radius 3 is 2.79 bits per heavy atom. The number of carbonyl (C=O) groups excluding carboxylic acids is 1. The summed E-state index contributed by atoms with van der Waals surface area (Å²) >= 11 is 0. The summed E-state index contributed by atoms with van der Waals surface area (Å²) in [5, 5.41) is 18.8. The van der Waals surface area contributed by atoms with Crippen LogP contribution in [0, 0.1) is 10.1 Å². The third-order valence-corrected chi connectivity index (χ3v) is 4.14. The molecule has 1 aromatic heterocycles. The lowest BCUT2D eigenvalue weighted by molar-refractivity contribution is -0.384. The zero-order valence-corrected chi connectivity index (χ0v) is 15.0. The van der Waals surface area contributed by atoms with Gasteiger partial charge in [-0.15, -0.1) is 0 Å². The van der Waals surface area contributed by atoms with Crippen molar-refractivity contribution in [1.82, 2.24) is 15.2 Å². The molecule has 146 valence electrons. The minimum Gasteiger partial charge on any atom is -0.454 e. The Labute approximate surface area is 164 Å². The number of carbonyl (C=O) groups is 1. The van der Waals surface area contributed by atoms with Gasteiger partial charge in [-0.1, -0.05) is 12.1 Å². The first-order chi connectivity index (χ1) is 14.1. The number of amides is 1. The first kappa shape index (κ1) is 18.2. The lowest BCUT2D eigenvalue weighted by Gasteiger charge is -2.02. The van der Waals surface area contributed by atoms with Crippen molar-refractivity contribution in [2.24, 2.45) is 5.10 Å². The normalized spacial score (nSPS) is 12.3. The number of hydrogen-bond acceptors (Lipinski definition) is 7. The molecule has 0 saturated heterocycles. The lowest BCUT2D eigenvalue weighted by Crippen LogP contribution is -2.18. The zero-order chi connectivity index (χ0) is 20.2. The molecule has 10 nitrogen and oxygen atoms in total. The van der Waals surface area contributed by atoms with Crippen LogP contribution in [0.15, 0.2) is 59.8 Å². The summed E-state index contributed by atoms with van der Waals surface area (Å²) in [6.07, 6.45) is 3.14. The number of aromatic nitrogens is 2. The second-order valence-corrected chi connectivity index (χ2v) is 6.13. The Bertz CT molecular complexity index is 1090. The summed E-state index contributed by atoms with van der Waals surface area (Å²) in [6, 6.07) is 13.0. The van der Waals surface area contributed by atoms with Crippen LogP contribution in [-0.4, -0.2) is 33.6 Å².